The molecule has 4 heteroatoms. The van der Waals surface area contributed by atoms with Crippen molar-refractivity contribution in [2.24, 2.45) is 0 Å². The van der Waals surface area contributed by atoms with Crippen LogP contribution in [0.15, 0.2) is 0 Å². The van der Waals surface area contributed by atoms with Crippen LogP contribution in [0.4, 0.5) is 0 Å². The Labute approximate surface area is 239 Å². The molecule has 0 aliphatic rings. The second kappa shape index (κ2) is 30.9. The number of aliphatic hydroxyl groups is 1. The first-order valence-corrected chi connectivity index (χ1v) is 17.0. The molecule has 0 saturated carbocycles. The summed E-state index contributed by atoms with van der Waals surface area (Å²) in [4.78, 5) is 15.0. The van der Waals surface area contributed by atoms with Gasteiger partial charge in [0, 0.05) is 13.0 Å². The molecule has 0 rings (SSSR count). The lowest BCUT2D eigenvalue weighted by Crippen LogP contribution is -2.29. The predicted octanol–water partition coefficient (Wildman–Crippen LogP) is 9.82. The van der Waals surface area contributed by atoms with Crippen LogP contribution < -0.4 is 0 Å². The lowest BCUT2D eigenvalue weighted by molar-refractivity contribution is -0.150. The van der Waals surface area contributed by atoms with Gasteiger partial charge in [-0.05, 0) is 58.0 Å². The molecule has 0 atom stereocenters. The van der Waals surface area contributed by atoms with Gasteiger partial charge < -0.3 is 14.7 Å². The van der Waals surface area contributed by atoms with Gasteiger partial charge in [0.15, 0.2) is 0 Å². The molecule has 0 bridgehead atoms. The monoisotopic (exact) mass is 539 g/mol. The summed E-state index contributed by atoms with van der Waals surface area (Å²) in [5.41, 5.74) is 0. The number of hydrogen-bond acceptors (Lipinski definition) is 4. The molecule has 0 aromatic rings. The number of carbonyl (C=O) groups excluding carboxylic acids is 1. The van der Waals surface area contributed by atoms with E-state index in [2.05, 4.69) is 25.7 Å². The van der Waals surface area contributed by atoms with E-state index in [1.807, 2.05) is 0 Å². The minimum atomic E-state index is 0.0277. The fraction of sp³-hybridized carbons (Fsp3) is 0.941. The molecule has 0 aromatic carbocycles. The molecule has 4 nitrogen and oxygen atoms in total. The Morgan fingerprint density at radius 3 is 1.58 bits per heavy atom. The van der Waals surface area contributed by atoms with Gasteiger partial charge in [-0.15, -0.1) is 0 Å². The Bertz CT molecular complexity index is 455. The van der Waals surface area contributed by atoms with Crippen LogP contribution in [-0.2, 0) is 9.53 Å². The molecule has 1 N–H and O–H groups in total. The predicted molar refractivity (Wildman–Crippen MR) is 166 cm³/mol. The quantitative estimate of drug-likeness (QED) is 0.0705. The molecule has 0 aromatic heterocycles. The number of aliphatic hydroxyl groups excluding tert-OH is 1. The van der Waals surface area contributed by atoms with Gasteiger partial charge in [0.25, 0.3) is 0 Å². The van der Waals surface area contributed by atoms with Gasteiger partial charge in [-0.25, -0.2) is 0 Å². The molecular weight excluding hydrogens is 470 g/mol. The van der Waals surface area contributed by atoms with Crippen LogP contribution in [0.1, 0.15) is 174 Å². The van der Waals surface area contributed by atoms with E-state index in [1.54, 1.807) is 0 Å². The lowest BCUT2D eigenvalue weighted by atomic mass is 10.0. The largest absolute Gasteiger partial charge is 0.462 e. The number of nitrogens with zero attached hydrogens (tertiary/aromatic N) is 1. The van der Waals surface area contributed by atoms with E-state index in [0.29, 0.717) is 6.42 Å². The summed E-state index contributed by atoms with van der Waals surface area (Å²) in [6, 6.07) is 0. The van der Waals surface area contributed by atoms with Crippen molar-refractivity contribution >= 4 is 5.97 Å². The minimum absolute atomic E-state index is 0.0277. The van der Waals surface area contributed by atoms with Gasteiger partial charge in [0.1, 0.15) is 6.10 Å². The SMILES string of the molecule is [CH2]CCCCCCN(CCO)CCCCCCCC(=O)OC(CCCCCCCC)CCCCCCCC. The van der Waals surface area contributed by atoms with Gasteiger partial charge in [0.2, 0.25) is 0 Å². The van der Waals surface area contributed by atoms with E-state index in [0.717, 1.165) is 51.7 Å². The van der Waals surface area contributed by atoms with Gasteiger partial charge in [-0.1, -0.05) is 130 Å². The molecule has 0 unspecified atom stereocenters. The number of rotatable bonds is 31. The van der Waals surface area contributed by atoms with Crippen molar-refractivity contribution in [3.8, 4) is 0 Å². The number of carbonyl (C=O) groups is 1. The molecule has 0 spiro atoms. The molecule has 1 radical (unpaired) electrons. The Morgan fingerprint density at radius 2 is 1.08 bits per heavy atom. The molecule has 0 amide bonds. The van der Waals surface area contributed by atoms with Crippen LogP contribution in [0.25, 0.3) is 0 Å². The fourth-order valence-electron chi connectivity index (χ4n) is 5.29. The van der Waals surface area contributed by atoms with Crippen molar-refractivity contribution in [3.63, 3.8) is 0 Å². The highest BCUT2D eigenvalue weighted by atomic mass is 16.5. The minimum Gasteiger partial charge on any atom is -0.462 e. The normalized spacial score (nSPS) is 11.6. The number of ether oxygens (including phenoxy) is 1. The summed E-state index contributed by atoms with van der Waals surface area (Å²) in [5.74, 6) is 0.0277. The molecule has 0 fully saturated rings. The van der Waals surface area contributed by atoms with Crippen LogP contribution in [-0.4, -0.2) is 48.3 Å². The Balaban J connectivity index is 4.05. The van der Waals surface area contributed by atoms with Crippen molar-refractivity contribution in [1.29, 1.82) is 0 Å². The van der Waals surface area contributed by atoms with Gasteiger partial charge in [-0.3, -0.25) is 4.79 Å². The zero-order chi connectivity index (χ0) is 27.9. The van der Waals surface area contributed by atoms with E-state index in [-0.39, 0.29) is 18.7 Å². The highest BCUT2D eigenvalue weighted by Gasteiger charge is 2.14. The summed E-state index contributed by atoms with van der Waals surface area (Å²) < 4.78 is 5.98. The van der Waals surface area contributed by atoms with Gasteiger partial charge in [-0.2, -0.15) is 0 Å². The lowest BCUT2D eigenvalue weighted by Gasteiger charge is -2.21. The van der Waals surface area contributed by atoms with Crippen LogP contribution in [0.5, 0.6) is 0 Å². The van der Waals surface area contributed by atoms with Gasteiger partial charge in [0.05, 0.1) is 6.61 Å². The van der Waals surface area contributed by atoms with E-state index in [1.165, 1.54) is 122 Å². The molecule has 0 saturated heterocycles. The van der Waals surface area contributed by atoms with Crippen LogP contribution in [0, 0.1) is 6.92 Å². The summed E-state index contributed by atoms with van der Waals surface area (Å²) in [6.07, 6.45) is 30.0. The van der Waals surface area contributed by atoms with E-state index >= 15 is 0 Å². The summed E-state index contributed by atoms with van der Waals surface area (Å²) >= 11 is 0. The number of esters is 1. The standard InChI is InChI=1S/C34H68NO3/c1-4-7-10-13-16-21-26-33(27-22-17-14-11-8-5-2)38-34(37)28-23-18-15-20-25-30-35(31-32-36)29-24-19-12-9-6-3/h33,36H,3-32H2,1-2H3. The molecule has 0 aliphatic carbocycles. The number of unbranched alkanes of at least 4 members (excludes halogenated alkanes) is 18. The second-order valence-corrected chi connectivity index (χ2v) is 11.6. The maximum Gasteiger partial charge on any atom is 0.306 e. The number of hydrogen-bond donors (Lipinski definition) is 1. The first-order valence-electron chi connectivity index (χ1n) is 17.0. The molecule has 0 aliphatic heterocycles. The topological polar surface area (TPSA) is 49.8 Å². The van der Waals surface area contributed by atoms with E-state index < -0.39 is 0 Å². The zero-order valence-corrected chi connectivity index (χ0v) is 26.0. The molecular formula is C34H68NO3. The Hall–Kier alpha value is -0.610. The van der Waals surface area contributed by atoms with E-state index in [9.17, 15) is 9.90 Å². The first kappa shape index (κ1) is 37.4. The average Bonchev–Trinajstić information content (AvgIpc) is 2.91. The fourth-order valence-corrected chi connectivity index (χ4v) is 5.29. The Morgan fingerprint density at radius 1 is 0.632 bits per heavy atom. The highest BCUT2D eigenvalue weighted by molar-refractivity contribution is 5.69. The first-order chi connectivity index (χ1) is 18.7. The smallest absolute Gasteiger partial charge is 0.306 e. The van der Waals surface area contributed by atoms with Crippen molar-refractivity contribution in [1.82, 2.24) is 4.90 Å². The maximum absolute atomic E-state index is 12.6. The van der Waals surface area contributed by atoms with E-state index in [4.69, 9.17) is 4.74 Å². The van der Waals surface area contributed by atoms with Crippen LogP contribution in [0.3, 0.4) is 0 Å². The maximum atomic E-state index is 12.6. The molecule has 0 heterocycles. The van der Waals surface area contributed by atoms with Crippen molar-refractivity contribution < 1.29 is 14.6 Å². The highest BCUT2D eigenvalue weighted by Crippen LogP contribution is 2.18. The van der Waals surface area contributed by atoms with Crippen molar-refractivity contribution in [3.05, 3.63) is 6.92 Å². The third-order valence-corrected chi connectivity index (χ3v) is 7.80. The average molecular weight is 539 g/mol. The van der Waals surface area contributed by atoms with Crippen LogP contribution >= 0.6 is 0 Å². The third kappa shape index (κ3) is 27.0. The molecule has 38 heavy (non-hydrogen) atoms. The molecule has 227 valence electrons. The summed E-state index contributed by atoms with van der Waals surface area (Å²) in [6.45, 7) is 11.7. The van der Waals surface area contributed by atoms with Crippen molar-refractivity contribution in [2.45, 2.75) is 180 Å². The summed E-state index contributed by atoms with van der Waals surface area (Å²) in [5, 5.41) is 9.35. The second-order valence-electron chi connectivity index (χ2n) is 11.6. The summed E-state index contributed by atoms with van der Waals surface area (Å²) in [7, 11) is 0. The van der Waals surface area contributed by atoms with Crippen molar-refractivity contribution in [2.75, 3.05) is 26.2 Å². The Kier molecular flexibility index (Phi) is 30.4. The van der Waals surface area contributed by atoms with Crippen LogP contribution in [0.2, 0.25) is 0 Å². The zero-order valence-electron chi connectivity index (χ0n) is 26.0. The third-order valence-electron chi connectivity index (χ3n) is 7.80. The van der Waals surface area contributed by atoms with Gasteiger partial charge >= 0.3 is 5.97 Å².